The van der Waals surface area contributed by atoms with Crippen LogP contribution >= 0.6 is 0 Å². The van der Waals surface area contributed by atoms with Crippen molar-refractivity contribution in [1.29, 1.82) is 0 Å². The Kier molecular flexibility index (Phi) is 3.10. The average molecular weight is 221 g/mol. The molecule has 1 N–H and O–H groups in total. The van der Waals surface area contributed by atoms with Gasteiger partial charge in [0.05, 0.1) is 18.4 Å². The Hall–Kier alpha value is -1.55. The van der Waals surface area contributed by atoms with E-state index in [-0.39, 0.29) is 6.09 Å². The molecule has 0 bridgehead atoms. The molecular formula is C12H15NO3. The Bertz CT molecular complexity index is 392. The summed E-state index contributed by atoms with van der Waals surface area (Å²) < 4.78 is 4.98. The first-order valence-electron chi connectivity index (χ1n) is 5.45. The third kappa shape index (κ3) is 1.88. The minimum absolute atomic E-state index is 0.346. The molecular weight excluding hydrogens is 206 g/mol. The highest BCUT2D eigenvalue weighted by molar-refractivity contribution is 5.89. The number of fused-ring (bicyclic) bond motifs is 1. The van der Waals surface area contributed by atoms with E-state index in [1.165, 1.54) is 0 Å². The zero-order valence-corrected chi connectivity index (χ0v) is 9.22. The molecule has 0 saturated heterocycles. The van der Waals surface area contributed by atoms with Gasteiger partial charge >= 0.3 is 6.09 Å². The summed E-state index contributed by atoms with van der Waals surface area (Å²) in [7, 11) is 0. The van der Waals surface area contributed by atoms with Crippen molar-refractivity contribution in [3.63, 3.8) is 0 Å². The largest absolute Gasteiger partial charge is 0.449 e. The van der Waals surface area contributed by atoms with Gasteiger partial charge in [-0.1, -0.05) is 18.2 Å². The number of hydrogen-bond donors (Lipinski definition) is 1. The molecule has 0 fully saturated rings. The van der Waals surface area contributed by atoms with Crippen LogP contribution in [0.25, 0.3) is 0 Å². The fourth-order valence-corrected chi connectivity index (χ4v) is 1.93. The summed E-state index contributed by atoms with van der Waals surface area (Å²) in [5.74, 6) is 0. The molecule has 4 heteroatoms. The standard InChI is InChI=1S/C12H15NO3/c1-2-16-12(15)13-8-7-11(14)9-5-3-4-6-10(9)13/h3-6,11,14H,2,7-8H2,1H3. The monoisotopic (exact) mass is 221 g/mol. The van der Waals surface area contributed by atoms with Crippen LogP contribution in [0.2, 0.25) is 0 Å². The fraction of sp³-hybridized carbons (Fsp3) is 0.417. The first-order valence-corrected chi connectivity index (χ1v) is 5.45. The van der Waals surface area contributed by atoms with Crippen LogP contribution in [0, 0.1) is 0 Å². The van der Waals surface area contributed by atoms with Gasteiger partial charge in [0.2, 0.25) is 0 Å². The highest BCUT2D eigenvalue weighted by Gasteiger charge is 2.27. The van der Waals surface area contributed by atoms with Crippen molar-refractivity contribution in [2.75, 3.05) is 18.1 Å². The minimum Gasteiger partial charge on any atom is -0.449 e. The lowest BCUT2D eigenvalue weighted by Gasteiger charge is -2.31. The SMILES string of the molecule is CCOC(=O)N1CCC(O)c2ccccc21. The summed E-state index contributed by atoms with van der Waals surface area (Å²) in [6.45, 7) is 2.64. The molecule has 16 heavy (non-hydrogen) atoms. The fourth-order valence-electron chi connectivity index (χ4n) is 1.93. The number of ether oxygens (including phenoxy) is 1. The Balaban J connectivity index is 2.31. The molecule has 1 heterocycles. The molecule has 0 spiro atoms. The van der Waals surface area contributed by atoms with Gasteiger partial charge in [0, 0.05) is 12.1 Å². The lowest BCUT2D eigenvalue weighted by molar-refractivity contribution is 0.146. The van der Waals surface area contributed by atoms with Gasteiger partial charge < -0.3 is 9.84 Å². The van der Waals surface area contributed by atoms with Gasteiger partial charge in [-0.25, -0.2) is 4.79 Å². The number of benzene rings is 1. The summed E-state index contributed by atoms with van der Waals surface area (Å²) in [5, 5.41) is 9.81. The number of anilines is 1. The lowest BCUT2D eigenvalue weighted by atomic mass is 9.99. The highest BCUT2D eigenvalue weighted by Crippen LogP contribution is 2.33. The second-order valence-corrected chi connectivity index (χ2v) is 3.71. The third-order valence-corrected chi connectivity index (χ3v) is 2.70. The molecule has 0 radical (unpaired) electrons. The van der Waals surface area contributed by atoms with Crippen molar-refractivity contribution in [2.45, 2.75) is 19.4 Å². The number of para-hydroxylation sites is 1. The molecule has 4 nitrogen and oxygen atoms in total. The number of hydrogen-bond acceptors (Lipinski definition) is 3. The van der Waals surface area contributed by atoms with E-state index >= 15 is 0 Å². The maximum Gasteiger partial charge on any atom is 0.414 e. The van der Waals surface area contributed by atoms with Crippen LogP contribution in [0.5, 0.6) is 0 Å². The Morgan fingerprint density at radius 3 is 3.06 bits per heavy atom. The number of aliphatic hydroxyl groups is 1. The van der Waals surface area contributed by atoms with Crippen LogP contribution < -0.4 is 4.90 Å². The van der Waals surface area contributed by atoms with Crippen LogP contribution in [0.4, 0.5) is 10.5 Å². The Morgan fingerprint density at radius 2 is 2.31 bits per heavy atom. The Labute approximate surface area is 94.4 Å². The van der Waals surface area contributed by atoms with Gasteiger partial charge in [0.15, 0.2) is 0 Å². The van der Waals surface area contributed by atoms with Gasteiger partial charge in [0.25, 0.3) is 0 Å². The normalized spacial score (nSPS) is 19.1. The number of nitrogens with zero attached hydrogens (tertiary/aromatic N) is 1. The van der Waals surface area contributed by atoms with Crippen molar-refractivity contribution in [2.24, 2.45) is 0 Å². The summed E-state index contributed by atoms with van der Waals surface area (Å²) in [6, 6.07) is 7.37. The highest BCUT2D eigenvalue weighted by atomic mass is 16.6. The van der Waals surface area contributed by atoms with E-state index in [9.17, 15) is 9.90 Å². The molecule has 1 aliphatic heterocycles. The van der Waals surface area contributed by atoms with E-state index in [4.69, 9.17) is 4.74 Å². The van der Waals surface area contributed by atoms with Crippen LogP contribution in [-0.4, -0.2) is 24.4 Å². The molecule has 1 aromatic carbocycles. The molecule has 86 valence electrons. The minimum atomic E-state index is -0.484. The van der Waals surface area contributed by atoms with Crippen LogP contribution in [-0.2, 0) is 4.74 Å². The summed E-state index contributed by atoms with van der Waals surface area (Å²) >= 11 is 0. The second-order valence-electron chi connectivity index (χ2n) is 3.71. The number of aliphatic hydroxyl groups excluding tert-OH is 1. The smallest absolute Gasteiger partial charge is 0.414 e. The number of rotatable bonds is 1. The topological polar surface area (TPSA) is 49.8 Å². The second kappa shape index (κ2) is 4.53. The van der Waals surface area contributed by atoms with E-state index in [1.807, 2.05) is 24.3 Å². The lowest BCUT2D eigenvalue weighted by Crippen LogP contribution is -2.37. The van der Waals surface area contributed by atoms with E-state index in [1.54, 1.807) is 11.8 Å². The van der Waals surface area contributed by atoms with E-state index in [0.717, 1.165) is 11.3 Å². The zero-order valence-electron chi connectivity index (χ0n) is 9.22. The van der Waals surface area contributed by atoms with Gasteiger partial charge in [0.1, 0.15) is 0 Å². The van der Waals surface area contributed by atoms with Gasteiger partial charge in [-0.05, 0) is 19.4 Å². The van der Waals surface area contributed by atoms with Gasteiger partial charge in [-0.15, -0.1) is 0 Å². The van der Waals surface area contributed by atoms with Crippen LogP contribution in [0.1, 0.15) is 25.0 Å². The van der Waals surface area contributed by atoms with Crippen molar-refractivity contribution >= 4 is 11.8 Å². The number of carbonyl (C=O) groups excluding carboxylic acids is 1. The van der Waals surface area contributed by atoms with Crippen molar-refractivity contribution in [1.82, 2.24) is 0 Å². The Morgan fingerprint density at radius 1 is 1.56 bits per heavy atom. The number of carbonyl (C=O) groups is 1. The maximum atomic E-state index is 11.7. The first-order chi connectivity index (χ1) is 7.74. The number of amides is 1. The molecule has 1 atom stereocenters. The molecule has 1 aromatic rings. The van der Waals surface area contributed by atoms with E-state index in [2.05, 4.69) is 0 Å². The summed E-state index contributed by atoms with van der Waals surface area (Å²) in [4.78, 5) is 13.3. The van der Waals surface area contributed by atoms with E-state index in [0.29, 0.717) is 19.6 Å². The van der Waals surface area contributed by atoms with E-state index < -0.39 is 6.10 Å². The molecule has 1 aliphatic rings. The summed E-state index contributed by atoms with van der Waals surface area (Å²) in [6.07, 6.45) is -0.278. The maximum absolute atomic E-state index is 11.7. The first kappa shape index (κ1) is 11.0. The average Bonchev–Trinajstić information content (AvgIpc) is 2.30. The molecule has 2 rings (SSSR count). The van der Waals surface area contributed by atoms with Crippen LogP contribution in [0.3, 0.4) is 0 Å². The molecule has 0 saturated carbocycles. The zero-order chi connectivity index (χ0) is 11.5. The predicted octanol–water partition coefficient (Wildman–Crippen LogP) is 2.09. The van der Waals surface area contributed by atoms with Gasteiger partial charge in [-0.2, -0.15) is 0 Å². The molecule has 0 aliphatic carbocycles. The molecule has 1 unspecified atom stereocenters. The van der Waals surface area contributed by atoms with Crippen LogP contribution in [0.15, 0.2) is 24.3 Å². The van der Waals surface area contributed by atoms with Crippen molar-refractivity contribution < 1.29 is 14.6 Å². The third-order valence-electron chi connectivity index (χ3n) is 2.70. The molecule has 0 aromatic heterocycles. The van der Waals surface area contributed by atoms with Crippen molar-refractivity contribution in [3.8, 4) is 0 Å². The summed E-state index contributed by atoms with van der Waals surface area (Å²) in [5.41, 5.74) is 1.54. The quantitative estimate of drug-likeness (QED) is 0.790. The van der Waals surface area contributed by atoms with Crippen molar-refractivity contribution in [3.05, 3.63) is 29.8 Å². The predicted molar refractivity (Wildman–Crippen MR) is 60.4 cm³/mol. The molecule has 1 amide bonds. The van der Waals surface area contributed by atoms with Gasteiger partial charge in [-0.3, -0.25) is 4.90 Å².